The lowest BCUT2D eigenvalue weighted by Gasteiger charge is -2.28. The summed E-state index contributed by atoms with van der Waals surface area (Å²) in [5.74, 6) is -5.67. The fourth-order valence-corrected chi connectivity index (χ4v) is 5.13. The minimum Gasteiger partial charge on any atom is -0.481 e. The lowest BCUT2D eigenvalue weighted by Crippen LogP contribution is -2.59. The molecule has 14 heteroatoms. The van der Waals surface area contributed by atoms with Gasteiger partial charge in [0.25, 0.3) is 0 Å². The Hall–Kier alpha value is -4.07. The Bertz CT molecular complexity index is 1360. The molecule has 43 heavy (non-hydrogen) atoms. The van der Waals surface area contributed by atoms with Crippen molar-refractivity contribution in [1.82, 2.24) is 31.6 Å². The molecule has 7 N–H and O–H groups in total. The topological polar surface area (TPSA) is 199 Å². The number of thiol groups is 1. The average Bonchev–Trinajstić information content (AvgIpc) is 3.34. The third-order valence-electron chi connectivity index (χ3n) is 7.15. The largest absolute Gasteiger partial charge is 0.481 e. The van der Waals surface area contributed by atoms with E-state index in [4.69, 9.17) is 0 Å². The summed E-state index contributed by atoms with van der Waals surface area (Å²) < 4.78 is 0. The number of hydrogen-bond donors (Lipinski definition) is 8. The van der Waals surface area contributed by atoms with Crippen molar-refractivity contribution in [3.63, 3.8) is 0 Å². The van der Waals surface area contributed by atoms with E-state index in [-0.39, 0.29) is 24.5 Å². The zero-order chi connectivity index (χ0) is 31.8. The number of aromatic amines is 1. The van der Waals surface area contributed by atoms with Crippen LogP contribution in [-0.2, 0) is 35.2 Å². The highest BCUT2D eigenvalue weighted by atomic mass is 32.1. The summed E-state index contributed by atoms with van der Waals surface area (Å²) in [6.07, 6.45) is 1.16. The maximum Gasteiger partial charge on any atom is 0.305 e. The predicted octanol–water partition coefficient (Wildman–Crippen LogP) is 0.255. The maximum atomic E-state index is 13.7. The fourth-order valence-electron chi connectivity index (χ4n) is 4.88. The number of benzene rings is 1. The fraction of sp³-hybridized carbons (Fsp3) is 0.517. The molecule has 2 aromatic rings. The number of nitrogens with one attached hydrogen (secondary N) is 6. The van der Waals surface area contributed by atoms with Crippen molar-refractivity contribution in [2.24, 2.45) is 11.8 Å². The number of fused-ring (bicyclic) bond motifs is 1. The minimum atomic E-state index is -1.57. The molecule has 1 aliphatic rings. The first kappa shape index (κ1) is 33.4. The van der Waals surface area contributed by atoms with Gasteiger partial charge in [-0.3, -0.25) is 28.8 Å². The second-order valence-electron chi connectivity index (χ2n) is 11.4. The van der Waals surface area contributed by atoms with E-state index in [0.29, 0.717) is 5.56 Å². The molecule has 0 saturated carbocycles. The van der Waals surface area contributed by atoms with Crippen LogP contribution < -0.4 is 26.6 Å². The van der Waals surface area contributed by atoms with Crippen molar-refractivity contribution in [2.45, 2.75) is 77.2 Å². The Kier molecular flexibility index (Phi) is 11.6. The Morgan fingerprint density at radius 1 is 0.791 bits per heavy atom. The molecule has 13 nitrogen and oxygen atoms in total. The highest BCUT2D eigenvalue weighted by Crippen LogP contribution is 2.20. The summed E-state index contributed by atoms with van der Waals surface area (Å²) in [4.78, 5) is 81.8. The molecule has 1 aromatic carbocycles. The van der Waals surface area contributed by atoms with Gasteiger partial charge in [0.15, 0.2) is 0 Å². The van der Waals surface area contributed by atoms with Crippen molar-refractivity contribution in [1.29, 1.82) is 0 Å². The average molecular weight is 617 g/mol. The standard InChI is InChI=1S/C29H40N6O7S/c1-14(2)9-19-25(38)31-20(10-16-12-30-18-8-6-5-7-17(16)18)26(39)32-21(11-23(36)37)27(40)34-22(13-43)28(41)35-24(15(3)4)29(42)33-19/h5-8,12,14-15,19-22,24,30,43H,9-11,13H2,1-4H3,(H,31,38)(H,32,39)(H,33,42)(H,34,40)(H,35,41)(H,36,37)/t19-,20+,21+,22-,24+/m0/s1. The van der Waals surface area contributed by atoms with Gasteiger partial charge in [-0.2, -0.15) is 12.6 Å². The van der Waals surface area contributed by atoms with Crippen LogP contribution >= 0.6 is 12.6 Å². The smallest absolute Gasteiger partial charge is 0.305 e. The van der Waals surface area contributed by atoms with Gasteiger partial charge in [-0.05, 0) is 29.9 Å². The zero-order valence-corrected chi connectivity index (χ0v) is 25.5. The maximum absolute atomic E-state index is 13.7. The zero-order valence-electron chi connectivity index (χ0n) is 24.6. The van der Waals surface area contributed by atoms with Gasteiger partial charge in [-0.25, -0.2) is 0 Å². The van der Waals surface area contributed by atoms with Gasteiger partial charge >= 0.3 is 5.97 Å². The summed E-state index contributed by atoms with van der Waals surface area (Å²) in [6, 6.07) is 1.22. The minimum absolute atomic E-state index is 0.000726. The molecule has 5 atom stereocenters. The molecule has 0 unspecified atom stereocenters. The van der Waals surface area contributed by atoms with Gasteiger partial charge in [0.2, 0.25) is 29.5 Å². The summed E-state index contributed by atoms with van der Waals surface area (Å²) in [7, 11) is 0. The summed E-state index contributed by atoms with van der Waals surface area (Å²) >= 11 is 4.15. The number of carbonyl (C=O) groups is 6. The molecule has 5 amide bonds. The lowest BCUT2D eigenvalue weighted by molar-refractivity contribution is -0.141. The molecule has 0 aliphatic carbocycles. The highest BCUT2D eigenvalue weighted by Gasteiger charge is 2.36. The molecule has 2 heterocycles. The van der Waals surface area contributed by atoms with Crippen LogP contribution in [-0.4, -0.2) is 81.6 Å². The van der Waals surface area contributed by atoms with Crippen molar-refractivity contribution < 1.29 is 33.9 Å². The van der Waals surface area contributed by atoms with Crippen LogP contribution in [0.2, 0.25) is 0 Å². The van der Waals surface area contributed by atoms with Gasteiger partial charge in [-0.15, -0.1) is 0 Å². The second kappa shape index (κ2) is 14.9. The number of amides is 5. The van der Waals surface area contributed by atoms with Crippen molar-refractivity contribution in [3.05, 3.63) is 36.0 Å². The van der Waals surface area contributed by atoms with Gasteiger partial charge in [0.05, 0.1) is 6.42 Å². The number of rotatable bonds is 8. The molecular weight excluding hydrogens is 576 g/mol. The van der Waals surface area contributed by atoms with E-state index in [1.807, 2.05) is 38.1 Å². The number of aromatic nitrogens is 1. The highest BCUT2D eigenvalue weighted by molar-refractivity contribution is 7.80. The molecule has 0 radical (unpaired) electrons. The summed E-state index contributed by atoms with van der Waals surface area (Å²) in [5.41, 5.74) is 1.51. The van der Waals surface area contributed by atoms with Gasteiger partial charge in [0, 0.05) is 29.3 Å². The van der Waals surface area contributed by atoms with E-state index < -0.39 is 78.1 Å². The number of carboxylic acids is 1. The van der Waals surface area contributed by atoms with Crippen LogP contribution in [0.4, 0.5) is 0 Å². The van der Waals surface area contributed by atoms with Crippen LogP contribution in [0.1, 0.15) is 46.1 Å². The first-order valence-electron chi connectivity index (χ1n) is 14.2. The first-order valence-corrected chi connectivity index (χ1v) is 14.8. The van der Waals surface area contributed by atoms with Gasteiger partial charge < -0.3 is 36.7 Å². The van der Waals surface area contributed by atoms with Crippen molar-refractivity contribution >= 4 is 59.0 Å². The lowest BCUT2D eigenvalue weighted by atomic mass is 9.98. The molecule has 1 aromatic heterocycles. The molecule has 1 fully saturated rings. The van der Waals surface area contributed by atoms with Crippen LogP contribution in [0.5, 0.6) is 0 Å². The molecule has 3 rings (SSSR count). The third-order valence-corrected chi connectivity index (χ3v) is 7.51. The molecule has 1 aliphatic heterocycles. The number of carboxylic acid groups (broad SMARTS) is 1. The predicted molar refractivity (Wildman–Crippen MR) is 162 cm³/mol. The van der Waals surface area contributed by atoms with Crippen LogP contribution in [0.25, 0.3) is 10.9 Å². The Labute approximate surface area is 255 Å². The molecule has 1 saturated heterocycles. The van der Waals surface area contributed by atoms with Crippen LogP contribution in [0.3, 0.4) is 0 Å². The SMILES string of the molecule is CC(C)C[C@@H]1NC(=O)[C@@H](C(C)C)NC(=O)[C@H](CS)NC(=O)[C@@H](CC(=O)O)NC(=O)[C@@H](Cc2c[nH]c3ccccc23)NC1=O. The first-order chi connectivity index (χ1) is 20.3. The van der Waals surface area contributed by atoms with E-state index in [1.54, 1.807) is 20.0 Å². The van der Waals surface area contributed by atoms with Crippen molar-refractivity contribution in [2.75, 3.05) is 5.75 Å². The Balaban J connectivity index is 2.07. The second-order valence-corrected chi connectivity index (χ2v) is 11.8. The van der Waals surface area contributed by atoms with E-state index in [0.717, 1.165) is 10.9 Å². The third kappa shape index (κ3) is 8.96. The quantitative estimate of drug-likeness (QED) is 0.194. The van der Waals surface area contributed by atoms with E-state index >= 15 is 0 Å². The molecule has 0 spiro atoms. The monoisotopic (exact) mass is 616 g/mol. The number of H-pyrrole nitrogens is 1. The normalized spacial score (nSPS) is 24.4. The summed E-state index contributed by atoms with van der Waals surface area (Å²) in [5, 5.41) is 23.2. The van der Waals surface area contributed by atoms with E-state index in [1.165, 1.54) is 0 Å². The van der Waals surface area contributed by atoms with Crippen molar-refractivity contribution in [3.8, 4) is 0 Å². The van der Waals surface area contributed by atoms with E-state index in [2.05, 4.69) is 44.2 Å². The molecule has 0 bridgehead atoms. The Morgan fingerprint density at radius 2 is 1.35 bits per heavy atom. The number of aliphatic carboxylic acids is 1. The van der Waals surface area contributed by atoms with Crippen LogP contribution in [0, 0.1) is 11.8 Å². The van der Waals surface area contributed by atoms with Crippen LogP contribution in [0.15, 0.2) is 30.5 Å². The van der Waals surface area contributed by atoms with Gasteiger partial charge in [0.1, 0.15) is 30.2 Å². The number of carbonyl (C=O) groups excluding carboxylic acids is 5. The molecule has 234 valence electrons. The molecular formula is C29H40N6O7S. The van der Waals surface area contributed by atoms with E-state index in [9.17, 15) is 33.9 Å². The Morgan fingerprint density at radius 3 is 1.98 bits per heavy atom. The summed E-state index contributed by atoms with van der Waals surface area (Å²) in [6.45, 7) is 7.18. The number of hydrogen-bond acceptors (Lipinski definition) is 7. The van der Waals surface area contributed by atoms with Gasteiger partial charge in [-0.1, -0.05) is 45.9 Å². The number of para-hydroxylation sites is 1.